The molecule has 0 saturated heterocycles. The molecule has 0 bridgehead atoms. The molecule has 1 aliphatic heterocycles. The molecule has 0 fully saturated rings. The molecule has 1 heterocycles. The summed E-state index contributed by atoms with van der Waals surface area (Å²) in [6.07, 6.45) is -4.41. The van der Waals surface area contributed by atoms with E-state index in [1.54, 1.807) is 24.3 Å². The number of nitrogens with zero attached hydrogens (tertiary/aromatic N) is 1. The molecule has 0 aromatic heterocycles. The lowest BCUT2D eigenvalue weighted by Crippen LogP contribution is -2.19. The van der Waals surface area contributed by atoms with Crippen LogP contribution in [0.2, 0.25) is 0 Å². The molecule has 4 nitrogen and oxygen atoms in total. The summed E-state index contributed by atoms with van der Waals surface area (Å²) in [4.78, 5) is 4.29. The van der Waals surface area contributed by atoms with E-state index in [0.29, 0.717) is 11.5 Å². The van der Waals surface area contributed by atoms with Crippen molar-refractivity contribution in [2.24, 2.45) is 4.99 Å². The Hall–Kier alpha value is -3.62. The van der Waals surface area contributed by atoms with E-state index < -0.39 is 30.5 Å². The van der Waals surface area contributed by atoms with Crippen molar-refractivity contribution < 1.29 is 36.2 Å². The number of rotatable bonds is 6. The molecule has 1 unspecified atom stereocenters. The Labute approximate surface area is 179 Å². The molecule has 1 aliphatic rings. The largest absolute Gasteiger partial charge is 0.484 e. The van der Waals surface area contributed by atoms with Crippen molar-refractivity contribution in [3.63, 3.8) is 0 Å². The van der Waals surface area contributed by atoms with Crippen LogP contribution >= 0.6 is 0 Å². The first-order valence-corrected chi connectivity index (χ1v) is 9.51. The summed E-state index contributed by atoms with van der Waals surface area (Å²) in [6.45, 7) is -1.23. The van der Waals surface area contributed by atoms with Crippen molar-refractivity contribution >= 4 is 5.90 Å². The number of hydrogen-bond acceptors (Lipinski definition) is 4. The number of hydrogen-bond donors (Lipinski definition) is 0. The van der Waals surface area contributed by atoms with E-state index >= 15 is 0 Å². The number of benzene rings is 3. The highest BCUT2D eigenvalue weighted by Gasteiger charge is 2.28. The van der Waals surface area contributed by atoms with Crippen LogP contribution in [0.3, 0.4) is 0 Å². The quantitative estimate of drug-likeness (QED) is 0.420. The fraction of sp³-hybridized carbons (Fsp3) is 0.174. The van der Waals surface area contributed by atoms with Gasteiger partial charge in [0.25, 0.3) is 0 Å². The van der Waals surface area contributed by atoms with Gasteiger partial charge in [0, 0.05) is 0 Å². The maximum atomic E-state index is 13.9. The van der Waals surface area contributed by atoms with Crippen molar-refractivity contribution in [1.29, 1.82) is 0 Å². The van der Waals surface area contributed by atoms with E-state index in [4.69, 9.17) is 9.47 Å². The molecule has 32 heavy (non-hydrogen) atoms. The zero-order valence-corrected chi connectivity index (χ0v) is 16.4. The highest BCUT2D eigenvalue weighted by atomic mass is 19.4. The van der Waals surface area contributed by atoms with E-state index in [-0.39, 0.29) is 23.8 Å². The standard InChI is InChI=1S/C23H16F5NO3/c24-18-2-1-3-19(25)21(18)22-29-20(12-30-22)14-4-6-16(7-5-14)32-17-10-8-15(9-11-17)31-13-23(26,27)28/h1-11,20H,12-13H2. The number of alkyl halides is 3. The monoisotopic (exact) mass is 449 g/mol. The molecule has 3 aromatic rings. The second kappa shape index (κ2) is 8.86. The Morgan fingerprint density at radius 2 is 1.41 bits per heavy atom. The van der Waals surface area contributed by atoms with Crippen molar-refractivity contribution in [3.05, 3.63) is 89.5 Å². The fourth-order valence-corrected chi connectivity index (χ4v) is 3.05. The summed E-state index contributed by atoms with van der Waals surface area (Å²) in [7, 11) is 0. The van der Waals surface area contributed by atoms with Crippen LogP contribution in [0.25, 0.3) is 0 Å². The lowest BCUT2D eigenvalue weighted by molar-refractivity contribution is -0.153. The number of aliphatic imine (C=N–C) groups is 1. The molecule has 0 saturated carbocycles. The van der Waals surface area contributed by atoms with Gasteiger partial charge in [0.2, 0.25) is 5.90 Å². The number of ether oxygens (including phenoxy) is 3. The maximum Gasteiger partial charge on any atom is 0.422 e. The van der Waals surface area contributed by atoms with E-state index in [1.165, 1.54) is 30.3 Å². The van der Waals surface area contributed by atoms with Crippen molar-refractivity contribution in [3.8, 4) is 17.2 Å². The average Bonchev–Trinajstić information content (AvgIpc) is 3.23. The normalized spacial score (nSPS) is 15.8. The summed E-state index contributed by atoms with van der Waals surface area (Å²) in [5.41, 5.74) is 0.470. The summed E-state index contributed by atoms with van der Waals surface area (Å²) < 4.78 is 80.2. The summed E-state index contributed by atoms with van der Waals surface area (Å²) in [5, 5.41) is 0. The third-order valence-electron chi connectivity index (χ3n) is 4.55. The second-order valence-corrected chi connectivity index (χ2v) is 6.90. The fourth-order valence-electron chi connectivity index (χ4n) is 3.05. The van der Waals surface area contributed by atoms with Gasteiger partial charge in [-0.05, 0) is 54.1 Å². The topological polar surface area (TPSA) is 40.0 Å². The minimum atomic E-state index is -4.41. The zero-order chi connectivity index (χ0) is 22.7. The molecular weight excluding hydrogens is 433 g/mol. The Kier molecular flexibility index (Phi) is 5.98. The van der Waals surface area contributed by atoms with Crippen LogP contribution in [0, 0.1) is 11.6 Å². The van der Waals surface area contributed by atoms with Gasteiger partial charge in [0.05, 0.1) is 0 Å². The molecule has 9 heteroatoms. The Balaban J connectivity index is 1.40. The smallest absolute Gasteiger partial charge is 0.422 e. The average molecular weight is 449 g/mol. The first kappa shape index (κ1) is 21.6. The van der Waals surface area contributed by atoms with Crippen LogP contribution in [-0.2, 0) is 4.74 Å². The third kappa shape index (κ3) is 5.16. The predicted octanol–water partition coefficient (Wildman–Crippen LogP) is 6.22. The zero-order valence-electron chi connectivity index (χ0n) is 16.4. The molecule has 0 radical (unpaired) electrons. The SMILES string of the molecule is Fc1cccc(F)c1C1=NC(c2ccc(Oc3ccc(OCC(F)(F)F)cc3)cc2)CO1. The molecule has 1 atom stereocenters. The Morgan fingerprint density at radius 1 is 0.844 bits per heavy atom. The first-order chi connectivity index (χ1) is 15.3. The van der Waals surface area contributed by atoms with Crippen LogP contribution < -0.4 is 9.47 Å². The van der Waals surface area contributed by atoms with Crippen LogP contribution in [0.15, 0.2) is 71.7 Å². The van der Waals surface area contributed by atoms with Gasteiger partial charge in [-0.15, -0.1) is 0 Å². The molecular formula is C23H16F5NO3. The van der Waals surface area contributed by atoms with Crippen molar-refractivity contribution in [2.75, 3.05) is 13.2 Å². The van der Waals surface area contributed by atoms with Crippen LogP contribution in [-0.4, -0.2) is 25.3 Å². The lowest BCUT2D eigenvalue weighted by Gasteiger charge is -2.11. The second-order valence-electron chi connectivity index (χ2n) is 6.90. The highest BCUT2D eigenvalue weighted by Crippen LogP contribution is 2.30. The first-order valence-electron chi connectivity index (χ1n) is 9.51. The molecule has 0 amide bonds. The Morgan fingerprint density at radius 3 is 2.00 bits per heavy atom. The van der Waals surface area contributed by atoms with E-state index in [0.717, 1.165) is 17.7 Å². The van der Waals surface area contributed by atoms with Gasteiger partial charge in [0.1, 0.15) is 47.1 Å². The minimum Gasteiger partial charge on any atom is -0.484 e. The molecule has 166 valence electrons. The van der Waals surface area contributed by atoms with Gasteiger partial charge < -0.3 is 14.2 Å². The molecule has 0 aliphatic carbocycles. The summed E-state index contributed by atoms with van der Waals surface area (Å²) in [6, 6.07) is 15.7. The third-order valence-corrected chi connectivity index (χ3v) is 4.55. The summed E-state index contributed by atoms with van der Waals surface area (Å²) in [5.74, 6) is -0.603. The van der Waals surface area contributed by atoms with Crippen LogP contribution in [0.4, 0.5) is 22.0 Å². The maximum absolute atomic E-state index is 13.9. The van der Waals surface area contributed by atoms with E-state index in [2.05, 4.69) is 9.73 Å². The number of halogens is 5. The van der Waals surface area contributed by atoms with Crippen molar-refractivity contribution in [2.45, 2.75) is 12.2 Å². The van der Waals surface area contributed by atoms with Crippen molar-refractivity contribution in [1.82, 2.24) is 0 Å². The van der Waals surface area contributed by atoms with Crippen LogP contribution in [0.5, 0.6) is 17.2 Å². The molecule has 4 rings (SSSR count). The van der Waals surface area contributed by atoms with E-state index in [9.17, 15) is 22.0 Å². The molecule has 0 spiro atoms. The Bertz CT molecular complexity index is 1090. The highest BCUT2D eigenvalue weighted by molar-refractivity contribution is 5.95. The van der Waals surface area contributed by atoms with Crippen LogP contribution in [0.1, 0.15) is 17.2 Å². The predicted molar refractivity (Wildman–Crippen MR) is 106 cm³/mol. The van der Waals surface area contributed by atoms with Gasteiger partial charge in [0.15, 0.2) is 6.61 Å². The van der Waals surface area contributed by atoms with E-state index in [1.807, 2.05) is 0 Å². The van der Waals surface area contributed by atoms with Gasteiger partial charge >= 0.3 is 6.18 Å². The van der Waals surface area contributed by atoms with Gasteiger partial charge in [-0.2, -0.15) is 13.2 Å². The minimum absolute atomic E-state index is 0.0752. The summed E-state index contributed by atoms with van der Waals surface area (Å²) >= 11 is 0. The molecule has 3 aromatic carbocycles. The van der Waals surface area contributed by atoms with Gasteiger partial charge in [-0.3, -0.25) is 0 Å². The van der Waals surface area contributed by atoms with Gasteiger partial charge in [-0.1, -0.05) is 18.2 Å². The lowest BCUT2D eigenvalue weighted by atomic mass is 10.1. The molecule has 0 N–H and O–H groups in total. The van der Waals surface area contributed by atoms with Gasteiger partial charge in [-0.25, -0.2) is 13.8 Å².